The lowest BCUT2D eigenvalue weighted by Gasteiger charge is -2.30. The molecule has 0 aromatic carbocycles. The zero-order chi connectivity index (χ0) is 25.4. The molecule has 1 aromatic heterocycles. The van der Waals surface area contributed by atoms with Crippen LogP contribution in [0.3, 0.4) is 0 Å². The van der Waals surface area contributed by atoms with Crippen LogP contribution in [0.4, 0.5) is 17.6 Å². The first kappa shape index (κ1) is 26.6. The number of aryl methyl sites for hydroxylation is 1. The van der Waals surface area contributed by atoms with Gasteiger partial charge in [-0.3, -0.25) is 14.5 Å². The van der Waals surface area contributed by atoms with Crippen molar-refractivity contribution in [2.24, 2.45) is 17.9 Å². The zero-order valence-corrected chi connectivity index (χ0v) is 18.8. The molecule has 13 heteroatoms. The van der Waals surface area contributed by atoms with E-state index in [9.17, 15) is 32.3 Å². The van der Waals surface area contributed by atoms with E-state index in [0.29, 0.717) is 32.5 Å². The number of hydrogen-bond acceptors (Lipinski definition) is 5. The third-order valence-electron chi connectivity index (χ3n) is 6.28. The standard InChI is InChI=1S/C18H27FN4O3.C2HF3O2/c1-17(2)11-18(17,16(25)26)15(24)22(4)9-13-7-12(19)8-23(13)10-14-20-5-6-21(14)3;3-2(4,5)1(6)7/h5-6,12-13H,7-11H2,1-4H3,(H,25,26);(H,6,7)/t12-,13-,18?;/m0./s1. The molecule has 1 amide bonds. The minimum atomic E-state index is -5.08. The SMILES string of the molecule is CN(C[C@@H]1C[C@H](F)CN1Cc1nccn1C)C(=O)C1(C(=O)O)CC1(C)C.O=C(O)C(F)(F)F. The maximum Gasteiger partial charge on any atom is 0.490 e. The number of carboxylic acid groups (broad SMARTS) is 2. The summed E-state index contributed by atoms with van der Waals surface area (Å²) in [5.41, 5.74) is -1.89. The molecule has 2 N–H and O–H groups in total. The molecule has 1 unspecified atom stereocenters. The van der Waals surface area contributed by atoms with Gasteiger partial charge in [0.25, 0.3) is 0 Å². The summed E-state index contributed by atoms with van der Waals surface area (Å²) in [6.45, 7) is 4.72. The Labute approximate surface area is 188 Å². The molecule has 2 aliphatic rings. The second-order valence-electron chi connectivity index (χ2n) is 9.13. The molecule has 3 rings (SSSR count). The summed E-state index contributed by atoms with van der Waals surface area (Å²) in [5, 5.41) is 16.7. The lowest BCUT2D eigenvalue weighted by Crippen LogP contribution is -2.46. The summed E-state index contributed by atoms with van der Waals surface area (Å²) < 4.78 is 47.7. The molecule has 33 heavy (non-hydrogen) atoms. The number of halogens is 4. The van der Waals surface area contributed by atoms with Crippen molar-refractivity contribution < 1.29 is 42.2 Å². The summed E-state index contributed by atoms with van der Waals surface area (Å²) in [7, 11) is 3.51. The minimum Gasteiger partial charge on any atom is -0.480 e. The predicted molar refractivity (Wildman–Crippen MR) is 107 cm³/mol. The zero-order valence-electron chi connectivity index (χ0n) is 18.8. The van der Waals surface area contributed by atoms with E-state index in [1.54, 1.807) is 27.1 Å². The lowest BCUT2D eigenvalue weighted by molar-refractivity contribution is -0.192. The Kier molecular flexibility index (Phi) is 7.46. The number of nitrogens with zero attached hydrogens (tertiary/aromatic N) is 4. The molecule has 1 aromatic rings. The van der Waals surface area contributed by atoms with Crippen molar-refractivity contribution in [3.8, 4) is 0 Å². The molecule has 0 spiro atoms. The maximum atomic E-state index is 14.0. The van der Waals surface area contributed by atoms with Crippen LogP contribution >= 0.6 is 0 Å². The van der Waals surface area contributed by atoms with Gasteiger partial charge in [0.15, 0.2) is 5.41 Å². The predicted octanol–water partition coefficient (Wildman–Crippen LogP) is 1.93. The van der Waals surface area contributed by atoms with Gasteiger partial charge in [0, 0.05) is 45.6 Å². The Hall–Kier alpha value is -2.70. The second-order valence-corrected chi connectivity index (χ2v) is 9.13. The number of carbonyl (C=O) groups is 3. The number of alkyl halides is 4. The summed E-state index contributed by atoms with van der Waals surface area (Å²) >= 11 is 0. The van der Waals surface area contributed by atoms with Crippen LogP contribution in [-0.4, -0.2) is 85.9 Å². The fraction of sp³-hybridized carbons (Fsp3) is 0.700. The molecule has 1 aliphatic carbocycles. The Bertz CT molecular complexity index is 903. The van der Waals surface area contributed by atoms with Gasteiger partial charge in [0.2, 0.25) is 5.91 Å². The van der Waals surface area contributed by atoms with Crippen molar-refractivity contribution >= 4 is 17.8 Å². The van der Waals surface area contributed by atoms with E-state index in [-0.39, 0.29) is 11.9 Å². The number of rotatable bonds is 6. The number of carboxylic acids is 2. The van der Waals surface area contributed by atoms with E-state index in [1.807, 2.05) is 22.7 Å². The van der Waals surface area contributed by atoms with Gasteiger partial charge in [-0.15, -0.1) is 0 Å². The van der Waals surface area contributed by atoms with Gasteiger partial charge in [0.1, 0.15) is 12.0 Å². The number of imidazole rings is 1. The van der Waals surface area contributed by atoms with Gasteiger partial charge in [-0.2, -0.15) is 13.2 Å². The summed E-state index contributed by atoms with van der Waals surface area (Å²) in [6.07, 6.45) is -1.81. The molecule has 186 valence electrons. The van der Waals surface area contributed by atoms with Gasteiger partial charge in [-0.05, 0) is 18.3 Å². The van der Waals surface area contributed by atoms with Crippen molar-refractivity contribution in [3.63, 3.8) is 0 Å². The first-order valence-electron chi connectivity index (χ1n) is 10.2. The van der Waals surface area contributed by atoms with Crippen LogP contribution in [0.15, 0.2) is 12.4 Å². The van der Waals surface area contributed by atoms with Crippen LogP contribution in [-0.2, 0) is 28.0 Å². The monoisotopic (exact) mass is 480 g/mol. The molecule has 9 nitrogen and oxygen atoms in total. The fourth-order valence-electron chi connectivity index (χ4n) is 4.20. The Morgan fingerprint density at radius 3 is 2.21 bits per heavy atom. The molecule has 1 saturated carbocycles. The summed E-state index contributed by atoms with van der Waals surface area (Å²) in [4.78, 5) is 41.2. The van der Waals surface area contributed by atoms with Crippen LogP contribution in [0, 0.1) is 10.8 Å². The second kappa shape index (κ2) is 9.27. The normalized spacial score (nSPS) is 26.3. The van der Waals surface area contributed by atoms with Crippen LogP contribution in [0.5, 0.6) is 0 Å². The molecule has 1 aliphatic heterocycles. The van der Waals surface area contributed by atoms with Crippen LogP contribution in [0.2, 0.25) is 0 Å². The topological polar surface area (TPSA) is 116 Å². The molecule has 3 atom stereocenters. The summed E-state index contributed by atoms with van der Waals surface area (Å²) in [6, 6.07) is -0.150. The first-order valence-corrected chi connectivity index (χ1v) is 10.2. The third-order valence-corrected chi connectivity index (χ3v) is 6.28. The smallest absolute Gasteiger partial charge is 0.480 e. The molecule has 0 bridgehead atoms. The van der Waals surface area contributed by atoms with Gasteiger partial charge >= 0.3 is 18.1 Å². The minimum absolute atomic E-state index is 0.150. The average molecular weight is 480 g/mol. The van der Waals surface area contributed by atoms with Crippen molar-refractivity contribution in [3.05, 3.63) is 18.2 Å². The molecule has 2 fully saturated rings. The number of carbonyl (C=O) groups excluding carboxylic acids is 1. The number of amides is 1. The molecule has 0 radical (unpaired) electrons. The lowest BCUT2D eigenvalue weighted by atomic mass is 9.94. The number of aromatic nitrogens is 2. The van der Waals surface area contributed by atoms with E-state index < -0.39 is 35.1 Å². The Morgan fingerprint density at radius 2 is 1.82 bits per heavy atom. The number of likely N-dealkylation sites (N-methyl/N-ethyl adjacent to an activating group) is 1. The van der Waals surface area contributed by atoms with Crippen molar-refractivity contribution in [2.45, 2.75) is 51.6 Å². The van der Waals surface area contributed by atoms with Crippen LogP contribution in [0.25, 0.3) is 0 Å². The van der Waals surface area contributed by atoms with Crippen LogP contribution in [0.1, 0.15) is 32.5 Å². The van der Waals surface area contributed by atoms with E-state index in [1.165, 1.54) is 4.90 Å². The number of likely N-dealkylation sites (tertiary alicyclic amines) is 1. The van der Waals surface area contributed by atoms with E-state index >= 15 is 0 Å². The highest BCUT2D eigenvalue weighted by Gasteiger charge is 2.72. The molecular formula is C20H28F4N4O5. The number of hydrogen-bond donors (Lipinski definition) is 2. The molecular weight excluding hydrogens is 452 g/mol. The quantitative estimate of drug-likeness (QED) is 0.472. The van der Waals surface area contributed by atoms with Gasteiger partial charge in [-0.1, -0.05) is 13.8 Å². The fourth-order valence-corrected chi connectivity index (χ4v) is 4.20. The summed E-state index contributed by atoms with van der Waals surface area (Å²) in [5.74, 6) is -3.37. The van der Waals surface area contributed by atoms with E-state index in [2.05, 4.69) is 4.98 Å². The maximum absolute atomic E-state index is 14.0. The first-order chi connectivity index (χ1) is 15.0. The largest absolute Gasteiger partial charge is 0.490 e. The van der Waals surface area contributed by atoms with Gasteiger partial charge in [0.05, 0.1) is 6.54 Å². The van der Waals surface area contributed by atoms with E-state index in [4.69, 9.17) is 9.90 Å². The highest BCUT2D eigenvalue weighted by atomic mass is 19.4. The van der Waals surface area contributed by atoms with Crippen LogP contribution < -0.4 is 0 Å². The Balaban J connectivity index is 0.000000479. The van der Waals surface area contributed by atoms with Crippen molar-refractivity contribution in [1.82, 2.24) is 19.4 Å². The molecule has 1 saturated heterocycles. The molecule has 2 heterocycles. The van der Waals surface area contributed by atoms with Gasteiger partial charge in [-0.25, -0.2) is 14.2 Å². The Morgan fingerprint density at radius 1 is 1.27 bits per heavy atom. The average Bonchev–Trinajstić information content (AvgIpc) is 2.91. The highest BCUT2D eigenvalue weighted by molar-refractivity contribution is 6.06. The highest BCUT2D eigenvalue weighted by Crippen LogP contribution is 2.64. The van der Waals surface area contributed by atoms with Gasteiger partial charge < -0.3 is 19.7 Å². The van der Waals surface area contributed by atoms with Crippen molar-refractivity contribution in [2.75, 3.05) is 20.1 Å². The van der Waals surface area contributed by atoms with E-state index in [0.717, 1.165) is 5.82 Å². The third kappa shape index (κ3) is 5.63. The number of aliphatic carboxylic acids is 2. The van der Waals surface area contributed by atoms with Crippen molar-refractivity contribution in [1.29, 1.82) is 0 Å².